The molecule has 5 heteroatoms. The smallest absolute Gasteiger partial charge is 0.204 e. The fourth-order valence-corrected chi connectivity index (χ4v) is 1.47. The van der Waals surface area contributed by atoms with Gasteiger partial charge in [0.05, 0.1) is 18.0 Å². The number of hydrogen-bond donors (Lipinski definition) is 0. The van der Waals surface area contributed by atoms with E-state index in [0.29, 0.717) is 34.7 Å². The molecule has 0 saturated carbocycles. The largest absolute Gasteiger partial charge is 0.452 e. The first-order valence-electron chi connectivity index (χ1n) is 4.05. The predicted octanol–water partition coefficient (Wildman–Crippen LogP) is 3.37. The zero-order valence-electron chi connectivity index (χ0n) is 7.17. The number of oxazole rings is 1. The molecule has 0 saturated heterocycles. The van der Waals surface area contributed by atoms with Crippen LogP contribution in [0.25, 0.3) is 11.3 Å². The molecule has 0 aliphatic rings. The summed E-state index contributed by atoms with van der Waals surface area (Å²) in [5.74, 6) is 1.69. The van der Waals surface area contributed by atoms with E-state index in [2.05, 4.69) is 4.98 Å². The molecular weight excluding hydrogens is 225 g/mol. The van der Waals surface area contributed by atoms with E-state index < -0.39 is 0 Å². The molecule has 3 nitrogen and oxygen atoms in total. The summed E-state index contributed by atoms with van der Waals surface area (Å²) < 4.78 is 10.3. The molecule has 0 aliphatic carbocycles. The van der Waals surface area contributed by atoms with Gasteiger partial charge >= 0.3 is 0 Å². The van der Waals surface area contributed by atoms with Crippen LogP contribution < -0.4 is 0 Å². The third-order valence-corrected chi connectivity index (χ3v) is 2.23. The summed E-state index contributed by atoms with van der Waals surface area (Å²) in [5, 5.41) is 0.304. The van der Waals surface area contributed by atoms with Gasteiger partial charge in [-0.15, -0.1) is 11.6 Å². The first-order chi connectivity index (χ1) is 6.81. The Bertz CT molecular complexity index is 422. The summed E-state index contributed by atoms with van der Waals surface area (Å²) in [6.07, 6.45) is 3.72. The maximum atomic E-state index is 5.78. The maximum absolute atomic E-state index is 5.78. The van der Waals surface area contributed by atoms with Crippen molar-refractivity contribution in [3.8, 4) is 11.3 Å². The second-order valence-electron chi connectivity index (χ2n) is 2.67. The first kappa shape index (κ1) is 9.62. The van der Waals surface area contributed by atoms with Gasteiger partial charge in [0, 0.05) is 12.3 Å². The standard InChI is InChI=1S/C9H7Cl2NO2/c10-3-1-8-12-5-7(14-8)6-2-4-13-9(6)11/h2,4-5H,1,3H2. The number of rotatable bonds is 3. The number of furan rings is 1. The van der Waals surface area contributed by atoms with Gasteiger partial charge in [0.2, 0.25) is 5.22 Å². The Balaban J connectivity index is 2.29. The normalized spacial score (nSPS) is 10.7. The molecule has 0 bridgehead atoms. The highest BCUT2D eigenvalue weighted by atomic mass is 35.5. The Kier molecular flexibility index (Phi) is 2.79. The van der Waals surface area contributed by atoms with Crippen LogP contribution in [-0.4, -0.2) is 10.9 Å². The Morgan fingerprint density at radius 2 is 2.29 bits per heavy atom. The van der Waals surface area contributed by atoms with Crippen LogP contribution in [0.15, 0.2) is 27.4 Å². The van der Waals surface area contributed by atoms with E-state index >= 15 is 0 Å². The number of nitrogens with zero attached hydrogens (tertiary/aromatic N) is 1. The molecule has 74 valence electrons. The quantitative estimate of drug-likeness (QED) is 0.761. The van der Waals surface area contributed by atoms with Crippen molar-refractivity contribution < 1.29 is 8.83 Å². The van der Waals surface area contributed by atoms with Crippen molar-refractivity contribution in [1.29, 1.82) is 0 Å². The van der Waals surface area contributed by atoms with Gasteiger partial charge in [0.1, 0.15) is 0 Å². The summed E-state index contributed by atoms with van der Waals surface area (Å²) in [6, 6.07) is 1.73. The Hall–Kier alpha value is -0.930. The SMILES string of the molecule is ClCCc1ncc(-c2ccoc2Cl)o1. The molecule has 0 amide bonds. The lowest BCUT2D eigenvalue weighted by Crippen LogP contribution is -1.83. The van der Waals surface area contributed by atoms with Crippen LogP contribution in [0.1, 0.15) is 5.89 Å². The fourth-order valence-electron chi connectivity index (χ4n) is 1.10. The molecule has 0 fully saturated rings. The molecule has 2 aromatic heterocycles. The van der Waals surface area contributed by atoms with Crippen molar-refractivity contribution in [1.82, 2.24) is 4.98 Å². The average Bonchev–Trinajstić information content (AvgIpc) is 2.74. The third kappa shape index (κ3) is 1.79. The molecule has 14 heavy (non-hydrogen) atoms. The highest BCUT2D eigenvalue weighted by molar-refractivity contribution is 6.31. The van der Waals surface area contributed by atoms with Crippen LogP contribution in [0.2, 0.25) is 5.22 Å². The molecule has 2 aromatic rings. The van der Waals surface area contributed by atoms with E-state index in [1.54, 1.807) is 12.3 Å². The molecule has 0 radical (unpaired) electrons. The predicted molar refractivity (Wildman–Crippen MR) is 53.6 cm³/mol. The lowest BCUT2D eigenvalue weighted by molar-refractivity contribution is 0.513. The first-order valence-corrected chi connectivity index (χ1v) is 4.96. The summed E-state index contributed by atoms with van der Waals surface area (Å²) in [6.45, 7) is 0. The van der Waals surface area contributed by atoms with E-state index in [1.807, 2.05) is 0 Å². The number of alkyl halides is 1. The monoisotopic (exact) mass is 231 g/mol. The number of aryl methyl sites for hydroxylation is 1. The van der Waals surface area contributed by atoms with Gasteiger partial charge in [-0.1, -0.05) is 0 Å². The maximum Gasteiger partial charge on any atom is 0.204 e. The lowest BCUT2D eigenvalue weighted by Gasteiger charge is -1.90. The molecule has 0 atom stereocenters. The van der Waals surface area contributed by atoms with Gasteiger partial charge in [-0.2, -0.15) is 0 Å². The molecule has 0 unspecified atom stereocenters. The van der Waals surface area contributed by atoms with Crippen LogP contribution in [0, 0.1) is 0 Å². The summed E-state index contributed by atoms with van der Waals surface area (Å²) in [5.41, 5.74) is 0.708. The zero-order chi connectivity index (χ0) is 9.97. The molecule has 2 rings (SSSR count). The number of halogens is 2. The summed E-state index contributed by atoms with van der Waals surface area (Å²) in [7, 11) is 0. The van der Waals surface area contributed by atoms with Crippen LogP contribution >= 0.6 is 23.2 Å². The van der Waals surface area contributed by atoms with Crippen molar-refractivity contribution >= 4 is 23.2 Å². The Morgan fingerprint density at radius 3 is 2.93 bits per heavy atom. The van der Waals surface area contributed by atoms with Crippen LogP contribution in [0.5, 0.6) is 0 Å². The highest BCUT2D eigenvalue weighted by Gasteiger charge is 2.11. The molecule has 2 heterocycles. The van der Waals surface area contributed by atoms with Crippen molar-refractivity contribution in [3.63, 3.8) is 0 Å². The van der Waals surface area contributed by atoms with Gasteiger partial charge in [-0.3, -0.25) is 0 Å². The molecule has 0 spiro atoms. The second kappa shape index (κ2) is 4.07. The van der Waals surface area contributed by atoms with E-state index in [1.165, 1.54) is 6.26 Å². The van der Waals surface area contributed by atoms with Crippen molar-refractivity contribution in [2.45, 2.75) is 6.42 Å². The van der Waals surface area contributed by atoms with Crippen LogP contribution in [0.4, 0.5) is 0 Å². The summed E-state index contributed by atoms with van der Waals surface area (Å²) in [4.78, 5) is 4.05. The fraction of sp³-hybridized carbons (Fsp3) is 0.222. The van der Waals surface area contributed by atoms with E-state index in [0.717, 1.165) is 0 Å². The number of hydrogen-bond acceptors (Lipinski definition) is 3. The van der Waals surface area contributed by atoms with E-state index in [9.17, 15) is 0 Å². The van der Waals surface area contributed by atoms with Crippen molar-refractivity contribution in [2.75, 3.05) is 5.88 Å². The van der Waals surface area contributed by atoms with Gasteiger partial charge in [0.15, 0.2) is 11.7 Å². The van der Waals surface area contributed by atoms with Gasteiger partial charge < -0.3 is 8.83 Å². The van der Waals surface area contributed by atoms with E-state index in [-0.39, 0.29) is 0 Å². The zero-order valence-corrected chi connectivity index (χ0v) is 8.68. The minimum atomic E-state index is 0.304. The molecule has 0 aromatic carbocycles. The topological polar surface area (TPSA) is 39.2 Å². The Morgan fingerprint density at radius 1 is 1.43 bits per heavy atom. The minimum Gasteiger partial charge on any atom is -0.452 e. The highest BCUT2D eigenvalue weighted by Crippen LogP contribution is 2.29. The van der Waals surface area contributed by atoms with Gasteiger partial charge in [-0.05, 0) is 17.7 Å². The van der Waals surface area contributed by atoms with E-state index in [4.69, 9.17) is 32.0 Å². The Labute approximate surface area is 90.6 Å². The van der Waals surface area contributed by atoms with Crippen molar-refractivity contribution in [2.24, 2.45) is 0 Å². The van der Waals surface area contributed by atoms with Gasteiger partial charge in [0.25, 0.3) is 0 Å². The van der Waals surface area contributed by atoms with Crippen LogP contribution in [-0.2, 0) is 6.42 Å². The van der Waals surface area contributed by atoms with Crippen molar-refractivity contribution in [3.05, 3.63) is 29.6 Å². The van der Waals surface area contributed by atoms with Gasteiger partial charge in [-0.25, -0.2) is 4.98 Å². The average molecular weight is 232 g/mol. The lowest BCUT2D eigenvalue weighted by atomic mass is 10.3. The molecule has 0 aliphatic heterocycles. The molecular formula is C9H7Cl2NO2. The molecule has 0 N–H and O–H groups in total. The third-order valence-electron chi connectivity index (χ3n) is 1.75. The summed E-state index contributed by atoms with van der Waals surface area (Å²) >= 11 is 11.3. The van der Waals surface area contributed by atoms with Crippen LogP contribution in [0.3, 0.4) is 0 Å². The minimum absolute atomic E-state index is 0.304. The number of aromatic nitrogens is 1. The second-order valence-corrected chi connectivity index (χ2v) is 3.39.